The highest BCUT2D eigenvalue weighted by Gasteiger charge is 2.29. The van der Waals surface area contributed by atoms with Crippen LogP contribution in [0.2, 0.25) is 0 Å². The van der Waals surface area contributed by atoms with Crippen LogP contribution >= 0.6 is 0 Å². The van der Waals surface area contributed by atoms with Gasteiger partial charge >= 0.3 is 12.1 Å². The zero-order chi connectivity index (χ0) is 15.2. The first-order valence-electron chi connectivity index (χ1n) is 6.01. The fourth-order valence-corrected chi connectivity index (χ4v) is 1.41. The van der Waals surface area contributed by atoms with E-state index in [1.807, 2.05) is 0 Å². The fourth-order valence-electron chi connectivity index (χ4n) is 1.41. The molecule has 1 rings (SSSR count). The van der Waals surface area contributed by atoms with E-state index in [1.165, 1.54) is 0 Å². The van der Waals surface area contributed by atoms with Crippen molar-refractivity contribution in [1.29, 1.82) is 0 Å². The van der Waals surface area contributed by atoms with E-state index in [0.717, 1.165) is 0 Å². The number of halogens is 3. The summed E-state index contributed by atoms with van der Waals surface area (Å²) < 4.78 is 49.7. The van der Waals surface area contributed by atoms with E-state index < -0.39 is 31.3 Å². The molecule has 9 heteroatoms. The summed E-state index contributed by atoms with van der Waals surface area (Å²) >= 11 is 0. The molecule has 0 saturated carbocycles. The van der Waals surface area contributed by atoms with E-state index in [1.54, 1.807) is 13.8 Å². The Bertz CT molecular complexity index is 434. The van der Waals surface area contributed by atoms with Gasteiger partial charge in [0.1, 0.15) is 19.1 Å². The Morgan fingerprint density at radius 1 is 1.40 bits per heavy atom. The number of aromatic nitrogens is 2. The molecule has 20 heavy (non-hydrogen) atoms. The standard InChI is InChI=1S/C11H15F3N2O4/c1-3-7(10(17)19-4-2)9-15-8(16-20-9)5-18-6-11(12,13)14/h7H,3-6H2,1-2H3. The van der Waals surface area contributed by atoms with Gasteiger partial charge in [0.2, 0.25) is 5.89 Å². The topological polar surface area (TPSA) is 74.5 Å². The third-order valence-corrected chi connectivity index (χ3v) is 2.26. The lowest BCUT2D eigenvalue weighted by Crippen LogP contribution is -2.17. The molecule has 1 aromatic rings. The van der Waals surface area contributed by atoms with Gasteiger partial charge in [-0.1, -0.05) is 12.1 Å². The molecule has 0 aromatic carbocycles. The van der Waals surface area contributed by atoms with Gasteiger partial charge in [-0.15, -0.1) is 0 Å². The Morgan fingerprint density at radius 3 is 2.65 bits per heavy atom. The normalized spacial score (nSPS) is 13.2. The SMILES string of the molecule is CCOC(=O)C(CC)c1nc(COCC(F)(F)F)no1. The van der Waals surface area contributed by atoms with E-state index in [-0.39, 0.29) is 18.3 Å². The van der Waals surface area contributed by atoms with Crippen LogP contribution in [0, 0.1) is 0 Å². The lowest BCUT2D eigenvalue weighted by Gasteiger charge is -2.08. The van der Waals surface area contributed by atoms with Crippen LogP contribution in [0.25, 0.3) is 0 Å². The van der Waals surface area contributed by atoms with Crippen LogP contribution in [-0.4, -0.2) is 35.5 Å². The van der Waals surface area contributed by atoms with Crippen molar-refractivity contribution in [2.24, 2.45) is 0 Å². The molecule has 0 bridgehead atoms. The minimum atomic E-state index is -4.41. The molecule has 0 aliphatic heterocycles. The van der Waals surface area contributed by atoms with Crippen LogP contribution in [0.5, 0.6) is 0 Å². The maximum absolute atomic E-state index is 11.9. The number of esters is 1. The number of nitrogens with zero attached hydrogens (tertiary/aromatic N) is 2. The van der Waals surface area contributed by atoms with Gasteiger partial charge in [-0.3, -0.25) is 4.79 Å². The maximum Gasteiger partial charge on any atom is 0.411 e. The molecular weight excluding hydrogens is 281 g/mol. The number of alkyl halides is 3. The molecule has 1 atom stereocenters. The highest BCUT2D eigenvalue weighted by molar-refractivity contribution is 5.76. The molecule has 0 N–H and O–H groups in total. The van der Waals surface area contributed by atoms with E-state index in [9.17, 15) is 18.0 Å². The second-order valence-corrected chi connectivity index (χ2v) is 3.87. The summed E-state index contributed by atoms with van der Waals surface area (Å²) in [5, 5.41) is 3.46. The van der Waals surface area contributed by atoms with Crippen LogP contribution in [-0.2, 0) is 20.9 Å². The number of ether oxygens (including phenoxy) is 2. The summed E-state index contributed by atoms with van der Waals surface area (Å²) in [6, 6.07) is 0. The third kappa shape index (κ3) is 5.16. The smallest absolute Gasteiger partial charge is 0.411 e. The van der Waals surface area contributed by atoms with Crippen molar-refractivity contribution in [3.63, 3.8) is 0 Å². The molecule has 0 aliphatic rings. The second kappa shape index (κ2) is 7.22. The molecular formula is C11H15F3N2O4. The summed E-state index contributed by atoms with van der Waals surface area (Å²) in [5.74, 6) is -1.27. The van der Waals surface area contributed by atoms with Gasteiger partial charge in [0, 0.05) is 0 Å². The highest BCUT2D eigenvalue weighted by atomic mass is 19.4. The van der Waals surface area contributed by atoms with Crippen molar-refractivity contribution in [2.75, 3.05) is 13.2 Å². The van der Waals surface area contributed by atoms with E-state index >= 15 is 0 Å². The van der Waals surface area contributed by atoms with Crippen molar-refractivity contribution in [3.05, 3.63) is 11.7 Å². The summed E-state index contributed by atoms with van der Waals surface area (Å²) in [5.41, 5.74) is 0. The first-order chi connectivity index (χ1) is 9.37. The van der Waals surface area contributed by atoms with Crippen LogP contribution in [0.4, 0.5) is 13.2 Å². The predicted molar refractivity (Wildman–Crippen MR) is 59.7 cm³/mol. The number of carbonyl (C=O) groups excluding carboxylic acids is 1. The van der Waals surface area contributed by atoms with Crippen molar-refractivity contribution in [1.82, 2.24) is 10.1 Å². The third-order valence-electron chi connectivity index (χ3n) is 2.26. The van der Waals surface area contributed by atoms with Gasteiger partial charge in [-0.2, -0.15) is 18.2 Å². The Hall–Kier alpha value is -1.64. The van der Waals surface area contributed by atoms with Crippen LogP contribution in [0.1, 0.15) is 37.9 Å². The van der Waals surface area contributed by atoms with Gasteiger partial charge in [0.15, 0.2) is 5.82 Å². The largest absolute Gasteiger partial charge is 0.465 e. The van der Waals surface area contributed by atoms with Gasteiger partial charge < -0.3 is 14.0 Å². The minimum absolute atomic E-state index is 0.0107. The molecule has 0 amide bonds. The zero-order valence-electron chi connectivity index (χ0n) is 11.1. The van der Waals surface area contributed by atoms with Gasteiger partial charge in [-0.05, 0) is 13.3 Å². The van der Waals surface area contributed by atoms with Crippen molar-refractivity contribution in [2.45, 2.75) is 39.0 Å². The quantitative estimate of drug-likeness (QED) is 0.718. The molecule has 0 radical (unpaired) electrons. The van der Waals surface area contributed by atoms with Crippen LogP contribution in [0.15, 0.2) is 4.52 Å². The van der Waals surface area contributed by atoms with Gasteiger partial charge in [0.25, 0.3) is 0 Å². The molecule has 0 fully saturated rings. The molecule has 1 heterocycles. The lowest BCUT2D eigenvalue weighted by atomic mass is 10.1. The summed E-state index contributed by atoms with van der Waals surface area (Å²) in [6.07, 6.45) is -4.03. The van der Waals surface area contributed by atoms with Crippen molar-refractivity contribution >= 4 is 5.97 Å². The van der Waals surface area contributed by atoms with Gasteiger partial charge in [-0.25, -0.2) is 0 Å². The lowest BCUT2D eigenvalue weighted by molar-refractivity contribution is -0.177. The molecule has 114 valence electrons. The number of hydrogen-bond acceptors (Lipinski definition) is 6. The number of carbonyl (C=O) groups is 1. The first kappa shape index (κ1) is 16.4. The monoisotopic (exact) mass is 296 g/mol. The second-order valence-electron chi connectivity index (χ2n) is 3.87. The minimum Gasteiger partial charge on any atom is -0.465 e. The van der Waals surface area contributed by atoms with Crippen LogP contribution in [0.3, 0.4) is 0 Å². The molecule has 0 spiro atoms. The molecule has 1 unspecified atom stereocenters. The van der Waals surface area contributed by atoms with Gasteiger partial charge in [0.05, 0.1) is 6.61 Å². The average Bonchev–Trinajstić information content (AvgIpc) is 2.77. The molecule has 0 saturated heterocycles. The molecule has 0 aliphatic carbocycles. The van der Waals surface area contributed by atoms with E-state index in [0.29, 0.717) is 6.42 Å². The molecule has 1 aromatic heterocycles. The predicted octanol–water partition coefficient (Wildman–Crippen LogP) is 2.21. The van der Waals surface area contributed by atoms with E-state index in [2.05, 4.69) is 14.9 Å². The Labute approximate surface area is 113 Å². The summed E-state index contributed by atoms with van der Waals surface area (Å²) in [7, 11) is 0. The number of rotatable bonds is 7. The molecule has 6 nitrogen and oxygen atoms in total. The van der Waals surface area contributed by atoms with Crippen molar-refractivity contribution in [3.8, 4) is 0 Å². The fraction of sp³-hybridized carbons (Fsp3) is 0.727. The van der Waals surface area contributed by atoms with E-state index in [4.69, 9.17) is 9.26 Å². The van der Waals surface area contributed by atoms with Crippen LogP contribution < -0.4 is 0 Å². The number of hydrogen-bond donors (Lipinski definition) is 0. The average molecular weight is 296 g/mol. The summed E-state index contributed by atoms with van der Waals surface area (Å²) in [6.45, 7) is 1.76. The zero-order valence-corrected chi connectivity index (χ0v) is 11.1. The maximum atomic E-state index is 11.9. The van der Waals surface area contributed by atoms with Crippen molar-refractivity contribution < 1.29 is 32.0 Å². The Balaban J connectivity index is 2.59. The Morgan fingerprint density at radius 2 is 2.10 bits per heavy atom. The summed E-state index contributed by atoms with van der Waals surface area (Å²) in [4.78, 5) is 15.4. The highest BCUT2D eigenvalue weighted by Crippen LogP contribution is 2.20. The first-order valence-corrected chi connectivity index (χ1v) is 6.01. The Kier molecular flexibility index (Phi) is 5.93.